The zero-order valence-electron chi connectivity index (χ0n) is 12.5. The highest BCUT2D eigenvalue weighted by atomic mass is 16.6. The molecule has 0 saturated carbocycles. The summed E-state index contributed by atoms with van der Waals surface area (Å²) in [7, 11) is 0. The van der Waals surface area contributed by atoms with E-state index >= 15 is 0 Å². The van der Waals surface area contributed by atoms with E-state index in [1.54, 1.807) is 23.5 Å². The number of aryl methyl sites for hydroxylation is 1. The third-order valence-corrected chi connectivity index (χ3v) is 3.46. The highest BCUT2D eigenvalue weighted by Gasteiger charge is 2.12. The lowest BCUT2D eigenvalue weighted by Crippen LogP contribution is -2.28. The Morgan fingerprint density at radius 1 is 1.35 bits per heavy atom. The number of anilines is 1. The Morgan fingerprint density at radius 3 is 2.87 bits per heavy atom. The van der Waals surface area contributed by atoms with E-state index in [0.29, 0.717) is 12.4 Å². The summed E-state index contributed by atoms with van der Waals surface area (Å²) < 4.78 is 0. The van der Waals surface area contributed by atoms with Crippen molar-refractivity contribution < 1.29 is 4.92 Å². The lowest BCUT2D eigenvalue weighted by Gasteiger charge is -2.24. The second-order valence-corrected chi connectivity index (χ2v) is 5.08. The molecule has 2 heterocycles. The largest absolute Gasteiger partial charge is 0.297 e. The molecular formula is C16H15N5O2. The summed E-state index contributed by atoms with van der Waals surface area (Å²) >= 11 is 0. The second-order valence-electron chi connectivity index (χ2n) is 5.08. The molecule has 0 fully saturated rings. The molecule has 1 aromatic heterocycles. The molecule has 0 radical (unpaired) electrons. The van der Waals surface area contributed by atoms with E-state index in [0.717, 1.165) is 16.8 Å². The normalized spacial score (nSPS) is 13.6. The lowest BCUT2D eigenvalue weighted by atomic mass is 10.1. The number of nitrogens with zero attached hydrogens (tertiary/aromatic N) is 4. The minimum Gasteiger partial charge on any atom is -0.297 e. The quantitative estimate of drug-likeness (QED) is 0.693. The Balaban J connectivity index is 1.72. The van der Waals surface area contributed by atoms with Crippen LogP contribution in [-0.4, -0.2) is 27.3 Å². The van der Waals surface area contributed by atoms with Gasteiger partial charge in [0.25, 0.3) is 5.69 Å². The highest BCUT2D eigenvalue weighted by molar-refractivity contribution is 6.08. The van der Waals surface area contributed by atoms with E-state index in [2.05, 4.69) is 15.4 Å². The van der Waals surface area contributed by atoms with Crippen LogP contribution < -0.4 is 5.43 Å². The van der Waals surface area contributed by atoms with Crippen LogP contribution in [0.3, 0.4) is 0 Å². The molecule has 0 amide bonds. The smallest absolute Gasteiger partial charge is 0.271 e. The Kier molecular flexibility index (Phi) is 4.01. The Labute approximate surface area is 133 Å². The molecule has 3 rings (SSSR count). The van der Waals surface area contributed by atoms with Gasteiger partial charge in [0.05, 0.1) is 16.3 Å². The van der Waals surface area contributed by atoms with Crippen LogP contribution in [0.4, 0.5) is 11.4 Å². The van der Waals surface area contributed by atoms with Gasteiger partial charge in [-0.25, -0.2) is 0 Å². The van der Waals surface area contributed by atoms with Crippen molar-refractivity contribution in [3.8, 4) is 0 Å². The third kappa shape index (κ3) is 3.34. The first-order valence-corrected chi connectivity index (χ1v) is 7.05. The van der Waals surface area contributed by atoms with Crippen molar-refractivity contribution in [3.05, 3.63) is 76.2 Å². The van der Waals surface area contributed by atoms with Crippen molar-refractivity contribution >= 4 is 17.1 Å². The van der Waals surface area contributed by atoms with Gasteiger partial charge in [-0.05, 0) is 30.7 Å². The van der Waals surface area contributed by atoms with Gasteiger partial charge in [-0.3, -0.25) is 30.5 Å². The number of nitro groups is 1. The Hall–Kier alpha value is -3.22. The monoisotopic (exact) mass is 309 g/mol. The van der Waals surface area contributed by atoms with E-state index in [1.165, 1.54) is 12.1 Å². The van der Waals surface area contributed by atoms with E-state index in [1.807, 2.05) is 31.3 Å². The van der Waals surface area contributed by atoms with E-state index in [9.17, 15) is 10.1 Å². The first-order valence-electron chi connectivity index (χ1n) is 7.05. The Morgan fingerprint density at radius 2 is 2.22 bits per heavy atom. The predicted octanol–water partition coefficient (Wildman–Crippen LogP) is 2.90. The summed E-state index contributed by atoms with van der Waals surface area (Å²) in [6.07, 6.45) is 7.21. The van der Waals surface area contributed by atoms with Crippen LogP contribution >= 0.6 is 0 Å². The van der Waals surface area contributed by atoms with Gasteiger partial charge in [-0.1, -0.05) is 6.07 Å². The maximum Gasteiger partial charge on any atom is 0.271 e. The number of hydrogen-bond acceptors (Lipinski definition) is 6. The molecule has 0 aliphatic carbocycles. The topological polar surface area (TPSA) is 83.7 Å². The maximum absolute atomic E-state index is 10.9. The average Bonchev–Trinajstić information content (AvgIpc) is 2.58. The SMILES string of the molecule is Cc1ccc([N+](=O)[O-])cc1NN1C=CC(c2cccnc2)=NC1. The van der Waals surface area contributed by atoms with Gasteiger partial charge >= 0.3 is 0 Å². The van der Waals surface area contributed by atoms with Crippen LogP contribution in [0, 0.1) is 17.0 Å². The number of aliphatic imine (C=N–C) groups is 1. The summed E-state index contributed by atoms with van der Waals surface area (Å²) in [5.41, 5.74) is 6.60. The highest BCUT2D eigenvalue weighted by Crippen LogP contribution is 2.22. The van der Waals surface area contributed by atoms with Gasteiger partial charge in [0.15, 0.2) is 0 Å². The average molecular weight is 309 g/mol. The maximum atomic E-state index is 10.9. The van der Waals surface area contributed by atoms with Gasteiger partial charge in [-0.2, -0.15) is 0 Å². The van der Waals surface area contributed by atoms with E-state index < -0.39 is 4.92 Å². The number of hydrazine groups is 1. The number of allylic oxidation sites excluding steroid dienone is 1. The molecule has 0 unspecified atom stereocenters. The minimum absolute atomic E-state index is 0.0543. The molecule has 1 aliphatic rings. The standard InChI is InChI=1S/C16H15N5O2/c1-12-4-5-14(21(22)23)9-16(12)19-20-8-6-15(18-11-20)13-3-2-7-17-10-13/h2-10,19H,11H2,1H3. The van der Waals surface area contributed by atoms with Crippen LogP contribution in [0.15, 0.2) is 60.0 Å². The van der Waals surface area contributed by atoms with Crippen molar-refractivity contribution in [1.82, 2.24) is 9.99 Å². The van der Waals surface area contributed by atoms with E-state index in [-0.39, 0.29) is 5.69 Å². The fourth-order valence-electron chi connectivity index (χ4n) is 2.19. The van der Waals surface area contributed by atoms with Gasteiger partial charge in [0.2, 0.25) is 0 Å². The number of nitrogens with one attached hydrogen (secondary N) is 1. The fourth-order valence-corrected chi connectivity index (χ4v) is 2.19. The predicted molar refractivity (Wildman–Crippen MR) is 88.1 cm³/mol. The lowest BCUT2D eigenvalue weighted by molar-refractivity contribution is -0.384. The number of non-ortho nitro benzene ring substituents is 1. The summed E-state index contributed by atoms with van der Waals surface area (Å²) in [6, 6.07) is 8.54. The van der Waals surface area contributed by atoms with Crippen molar-refractivity contribution in [2.45, 2.75) is 6.92 Å². The van der Waals surface area contributed by atoms with Gasteiger partial charge < -0.3 is 0 Å². The Bertz CT molecular complexity index is 786. The van der Waals surface area contributed by atoms with Crippen LogP contribution in [0.5, 0.6) is 0 Å². The second kappa shape index (κ2) is 6.27. The number of pyridine rings is 1. The molecule has 0 atom stereocenters. The molecule has 0 saturated heterocycles. The molecule has 1 N–H and O–H groups in total. The van der Waals surface area contributed by atoms with E-state index in [4.69, 9.17) is 0 Å². The first-order chi connectivity index (χ1) is 11.1. The van der Waals surface area contributed by atoms with Crippen molar-refractivity contribution in [3.63, 3.8) is 0 Å². The zero-order chi connectivity index (χ0) is 16.2. The first kappa shape index (κ1) is 14.7. The van der Waals surface area contributed by atoms with Gasteiger partial charge in [-0.15, -0.1) is 0 Å². The van der Waals surface area contributed by atoms with Gasteiger partial charge in [0, 0.05) is 36.3 Å². The molecule has 23 heavy (non-hydrogen) atoms. The van der Waals surface area contributed by atoms with Crippen LogP contribution in [-0.2, 0) is 0 Å². The van der Waals surface area contributed by atoms with Crippen molar-refractivity contribution in [1.29, 1.82) is 0 Å². The number of aromatic nitrogens is 1. The summed E-state index contributed by atoms with van der Waals surface area (Å²) in [6.45, 7) is 2.30. The number of nitro benzene ring substituents is 1. The fraction of sp³-hybridized carbons (Fsp3) is 0.125. The molecule has 2 aromatic rings. The molecule has 1 aromatic carbocycles. The van der Waals surface area contributed by atoms with Crippen molar-refractivity contribution in [2.24, 2.45) is 4.99 Å². The summed E-state index contributed by atoms with van der Waals surface area (Å²) in [5.74, 6) is 0. The molecule has 116 valence electrons. The minimum atomic E-state index is -0.407. The zero-order valence-corrected chi connectivity index (χ0v) is 12.5. The molecule has 0 spiro atoms. The summed E-state index contributed by atoms with van der Waals surface area (Å²) in [5, 5.41) is 12.6. The summed E-state index contributed by atoms with van der Waals surface area (Å²) in [4.78, 5) is 19.0. The number of rotatable bonds is 4. The van der Waals surface area contributed by atoms with Crippen LogP contribution in [0.2, 0.25) is 0 Å². The van der Waals surface area contributed by atoms with Crippen LogP contribution in [0.25, 0.3) is 0 Å². The van der Waals surface area contributed by atoms with Crippen molar-refractivity contribution in [2.75, 3.05) is 12.1 Å². The number of benzene rings is 1. The molecule has 1 aliphatic heterocycles. The molecule has 7 nitrogen and oxygen atoms in total. The molecule has 7 heteroatoms. The molecule has 0 bridgehead atoms. The number of hydrogen-bond donors (Lipinski definition) is 1. The van der Waals surface area contributed by atoms with Crippen LogP contribution in [0.1, 0.15) is 11.1 Å². The molecular weight excluding hydrogens is 294 g/mol. The third-order valence-electron chi connectivity index (χ3n) is 3.46. The van der Waals surface area contributed by atoms with Gasteiger partial charge in [0.1, 0.15) is 6.67 Å².